The zero-order valence-corrected chi connectivity index (χ0v) is 16.0. The van der Waals surface area contributed by atoms with Crippen molar-refractivity contribution in [3.8, 4) is 0 Å². The lowest BCUT2D eigenvalue weighted by Crippen LogP contribution is -2.09. The van der Waals surface area contributed by atoms with E-state index in [1.165, 1.54) is 26.2 Å². The molecule has 0 aliphatic heterocycles. The normalized spacial score (nSPS) is 12.2. The molecular formula is C19H42O. The Morgan fingerprint density at radius 3 is 1.55 bits per heavy atom. The molecule has 0 bridgehead atoms. The smallest absolute Gasteiger partial charge is 0.116 e. The third kappa shape index (κ3) is 30.4. The lowest BCUT2D eigenvalue weighted by Gasteiger charge is -2.20. The number of hydrogen-bond donors (Lipinski definition) is 0. The number of allylic oxidation sites excluding steroid dienone is 2. The summed E-state index contributed by atoms with van der Waals surface area (Å²) in [5.74, 6) is 2.54. The lowest BCUT2D eigenvalue weighted by molar-refractivity contribution is -0.106. The third-order valence-electron chi connectivity index (χ3n) is 2.72. The predicted octanol–water partition coefficient (Wildman–Crippen LogP) is 6.92. The maximum Gasteiger partial charge on any atom is 0.116 e. The van der Waals surface area contributed by atoms with Crippen molar-refractivity contribution in [1.82, 2.24) is 0 Å². The molecule has 0 aromatic heterocycles. The minimum Gasteiger partial charge on any atom is -0.304 e. The van der Waals surface area contributed by atoms with Crippen LogP contribution in [0.3, 0.4) is 0 Å². The van der Waals surface area contributed by atoms with Gasteiger partial charge in [0.05, 0.1) is 0 Å². The molecule has 0 aromatic carbocycles. The van der Waals surface area contributed by atoms with Gasteiger partial charge in [0.25, 0.3) is 0 Å². The van der Waals surface area contributed by atoms with Crippen LogP contribution < -0.4 is 0 Å². The molecule has 0 fully saturated rings. The minimum absolute atomic E-state index is 0.750. The number of aldehydes is 1. The van der Waals surface area contributed by atoms with Gasteiger partial charge in [-0.15, -0.1) is 0 Å². The first-order valence-corrected chi connectivity index (χ1v) is 8.54. The molecule has 0 saturated heterocycles. The van der Waals surface area contributed by atoms with Crippen molar-refractivity contribution in [3.63, 3.8) is 0 Å². The molecule has 0 aliphatic rings. The van der Waals surface area contributed by atoms with Crippen LogP contribution in [0.1, 0.15) is 88.5 Å². The molecule has 0 saturated carbocycles. The van der Waals surface area contributed by atoms with Crippen molar-refractivity contribution in [3.05, 3.63) is 12.2 Å². The predicted molar refractivity (Wildman–Crippen MR) is 96.3 cm³/mol. The highest BCUT2D eigenvalue weighted by atomic mass is 16.1. The largest absolute Gasteiger partial charge is 0.304 e. The van der Waals surface area contributed by atoms with Crippen LogP contribution in [0.25, 0.3) is 0 Å². The first-order chi connectivity index (χ1) is 9.49. The maximum absolute atomic E-state index is 8.81. The van der Waals surface area contributed by atoms with Crippen LogP contribution in [0.5, 0.6) is 0 Å². The Balaban J connectivity index is -0.000000155. The topological polar surface area (TPSA) is 17.1 Å². The number of carbonyl (C=O) groups is 1. The summed E-state index contributed by atoms with van der Waals surface area (Å²) in [6.45, 7) is 21.0. The SMILES string of the molecule is CC.CC.CC/C=C/C[C@H](C)[C@H](C)CC(C)C.CC=O. The summed E-state index contributed by atoms with van der Waals surface area (Å²) >= 11 is 0. The van der Waals surface area contributed by atoms with Gasteiger partial charge in [0.1, 0.15) is 6.29 Å². The van der Waals surface area contributed by atoms with Crippen molar-refractivity contribution in [2.24, 2.45) is 17.8 Å². The Morgan fingerprint density at radius 2 is 1.25 bits per heavy atom. The molecule has 0 heterocycles. The highest BCUT2D eigenvalue weighted by Gasteiger charge is 2.11. The number of hydrogen-bond acceptors (Lipinski definition) is 1. The molecule has 124 valence electrons. The molecule has 0 rings (SSSR count). The first-order valence-electron chi connectivity index (χ1n) is 8.54. The Hall–Kier alpha value is -0.590. The van der Waals surface area contributed by atoms with Gasteiger partial charge in [0, 0.05) is 0 Å². The van der Waals surface area contributed by atoms with E-state index in [4.69, 9.17) is 4.79 Å². The monoisotopic (exact) mass is 286 g/mol. The van der Waals surface area contributed by atoms with Gasteiger partial charge in [-0.25, -0.2) is 0 Å². The molecule has 0 spiro atoms. The fourth-order valence-electron chi connectivity index (χ4n) is 1.69. The second kappa shape index (κ2) is 26.9. The van der Waals surface area contributed by atoms with E-state index < -0.39 is 0 Å². The molecular weight excluding hydrogens is 244 g/mol. The van der Waals surface area contributed by atoms with E-state index in [1.54, 1.807) is 0 Å². The molecule has 1 heteroatoms. The van der Waals surface area contributed by atoms with Crippen molar-refractivity contribution in [2.75, 3.05) is 0 Å². The second-order valence-corrected chi connectivity index (χ2v) is 4.94. The molecule has 0 N–H and O–H groups in total. The van der Waals surface area contributed by atoms with Crippen LogP contribution >= 0.6 is 0 Å². The van der Waals surface area contributed by atoms with E-state index in [1.807, 2.05) is 27.7 Å². The van der Waals surface area contributed by atoms with Crippen LogP contribution in [0, 0.1) is 17.8 Å². The average Bonchev–Trinajstić information content (AvgIpc) is 2.43. The van der Waals surface area contributed by atoms with Crippen LogP contribution in [-0.2, 0) is 4.79 Å². The summed E-state index contributed by atoms with van der Waals surface area (Å²) in [6, 6.07) is 0. The van der Waals surface area contributed by atoms with Crippen molar-refractivity contribution in [1.29, 1.82) is 0 Å². The zero-order chi connectivity index (χ0) is 17.0. The highest BCUT2D eigenvalue weighted by molar-refractivity contribution is 5.44. The molecule has 0 aliphatic carbocycles. The summed E-state index contributed by atoms with van der Waals surface area (Å²) in [6.07, 6.45) is 9.15. The van der Waals surface area contributed by atoms with Crippen LogP contribution in [0.2, 0.25) is 0 Å². The van der Waals surface area contributed by atoms with E-state index in [-0.39, 0.29) is 0 Å². The van der Waals surface area contributed by atoms with Crippen LogP contribution in [0.4, 0.5) is 0 Å². The van der Waals surface area contributed by atoms with Gasteiger partial charge in [0.2, 0.25) is 0 Å². The lowest BCUT2D eigenvalue weighted by atomic mass is 9.86. The molecule has 0 radical (unpaired) electrons. The molecule has 0 unspecified atom stereocenters. The molecule has 2 atom stereocenters. The Labute approximate surface area is 130 Å². The zero-order valence-electron chi connectivity index (χ0n) is 16.0. The van der Waals surface area contributed by atoms with Gasteiger partial charge in [-0.1, -0.05) is 74.5 Å². The van der Waals surface area contributed by atoms with E-state index in [0.717, 1.165) is 24.0 Å². The van der Waals surface area contributed by atoms with Crippen molar-refractivity contribution < 1.29 is 4.79 Å². The first kappa shape index (κ1) is 27.7. The molecule has 0 amide bonds. The van der Waals surface area contributed by atoms with Gasteiger partial charge in [-0.05, 0) is 43.9 Å². The Kier molecular flexibility index (Phi) is 37.2. The van der Waals surface area contributed by atoms with E-state index in [9.17, 15) is 0 Å². The van der Waals surface area contributed by atoms with Crippen LogP contribution in [-0.4, -0.2) is 6.29 Å². The average molecular weight is 287 g/mol. The third-order valence-corrected chi connectivity index (χ3v) is 2.72. The maximum atomic E-state index is 8.81. The quantitative estimate of drug-likeness (QED) is 0.382. The fraction of sp³-hybridized carbons (Fsp3) is 0.842. The van der Waals surface area contributed by atoms with E-state index in [2.05, 4.69) is 46.8 Å². The standard InChI is InChI=1S/C13H26.C2H4O.2C2H6/c1-6-7-8-9-12(4)13(5)10-11(2)3;1-2-3;2*1-2/h7-8,11-13H,6,9-10H2,1-5H3;2H,1H3;2*1-2H3/b8-7+;;;/t12-,13+;;;/m0.../s1. The Morgan fingerprint density at radius 1 is 0.850 bits per heavy atom. The van der Waals surface area contributed by atoms with Gasteiger partial charge in [0.15, 0.2) is 0 Å². The number of rotatable bonds is 6. The minimum atomic E-state index is 0.750. The molecule has 1 nitrogen and oxygen atoms in total. The fourth-order valence-corrected chi connectivity index (χ4v) is 1.69. The van der Waals surface area contributed by atoms with Crippen molar-refractivity contribution in [2.45, 2.75) is 88.5 Å². The second-order valence-electron chi connectivity index (χ2n) is 4.94. The van der Waals surface area contributed by atoms with Gasteiger partial charge < -0.3 is 4.79 Å². The number of carbonyl (C=O) groups excluding carboxylic acids is 1. The summed E-state index contributed by atoms with van der Waals surface area (Å²) in [5, 5.41) is 0. The Bertz CT molecular complexity index is 171. The van der Waals surface area contributed by atoms with Gasteiger partial charge in [-0.2, -0.15) is 0 Å². The van der Waals surface area contributed by atoms with E-state index >= 15 is 0 Å². The summed E-state index contributed by atoms with van der Waals surface area (Å²) in [5.41, 5.74) is 0. The molecule has 20 heavy (non-hydrogen) atoms. The van der Waals surface area contributed by atoms with E-state index in [0.29, 0.717) is 0 Å². The summed E-state index contributed by atoms with van der Waals surface area (Å²) in [4.78, 5) is 8.81. The summed E-state index contributed by atoms with van der Waals surface area (Å²) in [7, 11) is 0. The van der Waals surface area contributed by atoms with Gasteiger partial charge >= 0.3 is 0 Å². The van der Waals surface area contributed by atoms with Crippen LogP contribution in [0.15, 0.2) is 12.2 Å². The van der Waals surface area contributed by atoms with Crippen molar-refractivity contribution >= 4 is 6.29 Å². The van der Waals surface area contributed by atoms with Gasteiger partial charge in [-0.3, -0.25) is 0 Å². The molecule has 0 aromatic rings. The highest BCUT2D eigenvalue weighted by Crippen LogP contribution is 2.22. The summed E-state index contributed by atoms with van der Waals surface area (Å²) < 4.78 is 0.